The van der Waals surface area contributed by atoms with Gasteiger partial charge in [-0.1, -0.05) is 67.6 Å². The van der Waals surface area contributed by atoms with E-state index in [2.05, 4.69) is 10.6 Å². The Balaban J connectivity index is 1.83. The minimum Gasteiger partial charge on any atom is -0.350 e. The summed E-state index contributed by atoms with van der Waals surface area (Å²) < 4.78 is 0. The van der Waals surface area contributed by atoms with Gasteiger partial charge in [0.25, 0.3) is 0 Å². The van der Waals surface area contributed by atoms with Crippen LogP contribution < -0.4 is 10.6 Å². The first-order chi connectivity index (χ1) is 12.0. The van der Waals surface area contributed by atoms with E-state index in [1.807, 2.05) is 74.5 Å². The average molecular weight is 338 g/mol. The minimum absolute atomic E-state index is 0.0767. The van der Waals surface area contributed by atoms with Gasteiger partial charge in [-0.15, -0.1) is 0 Å². The van der Waals surface area contributed by atoms with Gasteiger partial charge in [0.2, 0.25) is 11.8 Å². The van der Waals surface area contributed by atoms with Crippen LogP contribution >= 0.6 is 0 Å². The summed E-state index contributed by atoms with van der Waals surface area (Å²) in [5, 5.41) is 5.92. The standard InChI is InChI=1S/C21H26N2O2/c1-15(21(25)23-17(3)19-12-8-5-9-13-19)14-20(24)22-16(2)18-10-6-4-7-11-18/h4-13,15-17H,14H2,1-3H3,(H,22,24)(H,23,25)/t15-,16+,17-/m1/s1. The molecule has 2 aromatic rings. The number of rotatable bonds is 7. The molecule has 0 bridgehead atoms. The van der Waals surface area contributed by atoms with Crippen molar-refractivity contribution in [2.45, 2.75) is 39.3 Å². The minimum atomic E-state index is -0.380. The maximum atomic E-state index is 12.3. The molecule has 0 aromatic heterocycles. The monoisotopic (exact) mass is 338 g/mol. The molecule has 0 heterocycles. The Morgan fingerprint density at radius 2 is 1.20 bits per heavy atom. The highest BCUT2D eigenvalue weighted by molar-refractivity contribution is 5.85. The van der Waals surface area contributed by atoms with Crippen molar-refractivity contribution < 1.29 is 9.59 Å². The van der Waals surface area contributed by atoms with Crippen LogP contribution in [0, 0.1) is 5.92 Å². The Bertz CT molecular complexity index is 686. The second-order valence-electron chi connectivity index (χ2n) is 6.45. The number of amides is 2. The van der Waals surface area contributed by atoms with E-state index >= 15 is 0 Å². The van der Waals surface area contributed by atoms with Crippen molar-refractivity contribution in [2.24, 2.45) is 5.92 Å². The van der Waals surface area contributed by atoms with Crippen molar-refractivity contribution in [3.05, 3.63) is 71.8 Å². The summed E-state index contributed by atoms with van der Waals surface area (Å²) in [4.78, 5) is 24.5. The van der Waals surface area contributed by atoms with E-state index in [1.54, 1.807) is 6.92 Å². The zero-order valence-corrected chi connectivity index (χ0v) is 15.0. The van der Waals surface area contributed by atoms with Crippen LogP contribution in [0.4, 0.5) is 0 Å². The summed E-state index contributed by atoms with van der Waals surface area (Å²) in [6, 6.07) is 19.4. The number of benzene rings is 2. The highest BCUT2D eigenvalue weighted by Gasteiger charge is 2.20. The molecule has 2 aromatic carbocycles. The summed E-state index contributed by atoms with van der Waals surface area (Å²) in [7, 11) is 0. The van der Waals surface area contributed by atoms with Gasteiger partial charge in [0.05, 0.1) is 12.1 Å². The molecule has 0 spiro atoms. The van der Waals surface area contributed by atoms with E-state index in [-0.39, 0.29) is 36.2 Å². The molecule has 0 saturated heterocycles. The van der Waals surface area contributed by atoms with E-state index in [0.717, 1.165) is 11.1 Å². The normalized spacial score (nSPS) is 14.2. The quantitative estimate of drug-likeness (QED) is 0.807. The molecule has 0 aliphatic carbocycles. The molecular weight excluding hydrogens is 312 g/mol. The maximum absolute atomic E-state index is 12.3. The molecule has 2 amide bonds. The third-order valence-corrected chi connectivity index (χ3v) is 4.27. The van der Waals surface area contributed by atoms with Crippen molar-refractivity contribution >= 4 is 11.8 Å². The Morgan fingerprint density at radius 3 is 1.68 bits per heavy atom. The molecule has 25 heavy (non-hydrogen) atoms. The van der Waals surface area contributed by atoms with Crippen molar-refractivity contribution in [3.63, 3.8) is 0 Å². The average Bonchev–Trinajstić information content (AvgIpc) is 2.62. The van der Waals surface area contributed by atoms with Gasteiger partial charge >= 0.3 is 0 Å². The van der Waals surface area contributed by atoms with Crippen LogP contribution in [0.2, 0.25) is 0 Å². The smallest absolute Gasteiger partial charge is 0.223 e. The number of nitrogens with one attached hydrogen (secondary N) is 2. The van der Waals surface area contributed by atoms with Crippen LogP contribution in [0.15, 0.2) is 60.7 Å². The molecule has 4 heteroatoms. The number of hydrogen-bond acceptors (Lipinski definition) is 2. The predicted molar refractivity (Wildman–Crippen MR) is 99.8 cm³/mol. The predicted octanol–water partition coefficient (Wildman–Crippen LogP) is 3.77. The van der Waals surface area contributed by atoms with Crippen molar-refractivity contribution in [2.75, 3.05) is 0 Å². The lowest BCUT2D eigenvalue weighted by Gasteiger charge is -2.19. The van der Waals surface area contributed by atoms with Crippen molar-refractivity contribution in [1.82, 2.24) is 10.6 Å². The van der Waals surface area contributed by atoms with Crippen LogP contribution in [0.25, 0.3) is 0 Å². The Morgan fingerprint density at radius 1 is 0.760 bits per heavy atom. The SMILES string of the molecule is C[C@H](CC(=O)N[C@@H](C)c1ccccc1)C(=O)N[C@H](C)c1ccccc1. The molecular formula is C21H26N2O2. The zero-order chi connectivity index (χ0) is 18.2. The molecule has 0 aliphatic rings. The van der Waals surface area contributed by atoms with E-state index in [4.69, 9.17) is 0 Å². The van der Waals surface area contributed by atoms with Gasteiger partial charge < -0.3 is 10.6 Å². The molecule has 0 radical (unpaired) electrons. The van der Waals surface area contributed by atoms with Crippen LogP contribution in [0.3, 0.4) is 0 Å². The first-order valence-corrected chi connectivity index (χ1v) is 8.67. The van der Waals surface area contributed by atoms with Crippen LogP contribution in [-0.4, -0.2) is 11.8 Å². The fraction of sp³-hybridized carbons (Fsp3) is 0.333. The van der Waals surface area contributed by atoms with Gasteiger partial charge in [-0.2, -0.15) is 0 Å². The van der Waals surface area contributed by atoms with Crippen molar-refractivity contribution in [1.29, 1.82) is 0 Å². The van der Waals surface area contributed by atoms with Crippen LogP contribution in [0.5, 0.6) is 0 Å². The van der Waals surface area contributed by atoms with Gasteiger partial charge in [-0.05, 0) is 25.0 Å². The first-order valence-electron chi connectivity index (χ1n) is 8.67. The second-order valence-corrected chi connectivity index (χ2v) is 6.45. The Hall–Kier alpha value is -2.62. The largest absolute Gasteiger partial charge is 0.350 e. The molecule has 0 aliphatic heterocycles. The van der Waals surface area contributed by atoms with Gasteiger partial charge in [-0.25, -0.2) is 0 Å². The summed E-state index contributed by atoms with van der Waals surface area (Å²) in [6.07, 6.45) is 0.171. The van der Waals surface area contributed by atoms with Gasteiger partial charge in [0.15, 0.2) is 0 Å². The zero-order valence-electron chi connectivity index (χ0n) is 15.0. The van der Waals surface area contributed by atoms with Gasteiger partial charge in [0.1, 0.15) is 0 Å². The van der Waals surface area contributed by atoms with Crippen LogP contribution in [-0.2, 0) is 9.59 Å². The molecule has 0 saturated carbocycles. The van der Waals surface area contributed by atoms with Crippen LogP contribution in [0.1, 0.15) is 50.4 Å². The highest BCUT2D eigenvalue weighted by atomic mass is 16.2. The molecule has 3 atom stereocenters. The molecule has 132 valence electrons. The third-order valence-electron chi connectivity index (χ3n) is 4.27. The van der Waals surface area contributed by atoms with E-state index in [1.165, 1.54) is 0 Å². The molecule has 0 fully saturated rings. The second kappa shape index (κ2) is 9.02. The Kier molecular flexibility index (Phi) is 6.75. The first kappa shape index (κ1) is 18.7. The molecule has 0 unspecified atom stereocenters. The van der Waals surface area contributed by atoms with Gasteiger partial charge in [-0.3, -0.25) is 9.59 Å². The molecule has 2 rings (SSSR count). The van der Waals surface area contributed by atoms with Crippen molar-refractivity contribution in [3.8, 4) is 0 Å². The fourth-order valence-corrected chi connectivity index (χ4v) is 2.68. The topological polar surface area (TPSA) is 58.2 Å². The fourth-order valence-electron chi connectivity index (χ4n) is 2.68. The van der Waals surface area contributed by atoms with Gasteiger partial charge in [0, 0.05) is 12.3 Å². The lowest BCUT2D eigenvalue weighted by Crippen LogP contribution is -2.35. The van der Waals surface area contributed by atoms with E-state index in [9.17, 15) is 9.59 Å². The number of carbonyl (C=O) groups is 2. The Labute approximate surface area is 149 Å². The summed E-state index contributed by atoms with van der Waals surface area (Å²) >= 11 is 0. The number of carbonyl (C=O) groups excluding carboxylic acids is 2. The highest BCUT2D eigenvalue weighted by Crippen LogP contribution is 2.15. The molecule has 2 N–H and O–H groups in total. The lowest BCUT2D eigenvalue weighted by atomic mass is 10.0. The summed E-state index contributed by atoms with van der Waals surface area (Å²) in [5.41, 5.74) is 2.09. The molecule has 4 nitrogen and oxygen atoms in total. The third kappa shape index (κ3) is 5.75. The maximum Gasteiger partial charge on any atom is 0.223 e. The summed E-state index contributed by atoms with van der Waals surface area (Å²) in [5.74, 6) is -0.612. The van der Waals surface area contributed by atoms with E-state index < -0.39 is 0 Å². The number of hydrogen-bond donors (Lipinski definition) is 2. The lowest BCUT2D eigenvalue weighted by molar-refractivity contribution is -0.130. The van der Waals surface area contributed by atoms with E-state index in [0.29, 0.717) is 0 Å². The summed E-state index contributed by atoms with van der Waals surface area (Å²) in [6.45, 7) is 5.66.